The van der Waals surface area contributed by atoms with Crippen molar-refractivity contribution < 1.29 is 4.79 Å². The van der Waals surface area contributed by atoms with E-state index in [1.165, 1.54) is 0 Å². The van der Waals surface area contributed by atoms with Crippen LogP contribution in [0.1, 0.15) is 29.4 Å². The van der Waals surface area contributed by atoms with Gasteiger partial charge >= 0.3 is 0 Å². The molecule has 0 spiro atoms. The molecule has 0 radical (unpaired) electrons. The Hall–Kier alpha value is -1.36. The molecule has 0 aliphatic carbocycles. The number of halogens is 1. The van der Waals surface area contributed by atoms with E-state index in [-0.39, 0.29) is 11.9 Å². The summed E-state index contributed by atoms with van der Waals surface area (Å²) in [5.74, 6) is 0.672. The molecule has 1 unspecified atom stereocenters. The molecular formula is C18H21ClN2OS. The highest BCUT2D eigenvalue weighted by Gasteiger charge is 2.26. The molecule has 23 heavy (non-hydrogen) atoms. The van der Waals surface area contributed by atoms with Gasteiger partial charge in [-0.3, -0.25) is 4.79 Å². The number of benzene rings is 1. The Morgan fingerprint density at radius 1 is 1.22 bits per heavy atom. The van der Waals surface area contributed by atoms with E-state index in [4.69, 9.17) is 17.3 Å². The Labute approximate surface area is 146 Å². The number of rotatable bonds is 3. The zero-order valence-corrected chi connectivity index (χ0v) is 14.7. The summed E-state index contributed by atoms with van der Waals surface area (Å²) in [6.45, 7) is 3.66. The zero-order valence-electron chi connectivity index (χ0n) is 13.2. The number of nitrogens with two attached hydrogens (primary N) is 1. The van der Waals surface area contributed by atoms with Crippen LogP contribution in [0.5, 0.6) is 0 Å². The number of carbonyl (C=O) groups excluding carboxylic acids is 1. The van der Waals surface area contributed by atoms with Gasteiger partial charge < -0.3 is 10.6 Å². The van der Waals surface area contributed by atoms with Gasteiger partial charge in [0.2, 0.25) is 0 Å². The van der Waals surface area contributed by atoms with Gasteiger partial charge in [0, 0.05) is 29.0 Å². The van der Waals surface area contributed by atoms with Crippen molar-refractivity contribution in [2.45, 2.75) is 25.8 Å². The Morgan fingerprint density at radius 3 is 2.48 bits per heavy atom. The second-order valence-electron chi connectivity index (χ2n) is 6.16. The van der Waals surface area contributed by atoms with Crippen LogP contribution >= 0.6 is 22.9 Å². The quantitative estimate of drug-likeness (QED) is 0.900. The maximum absolute atomic E-state index is 12.7. The lowest BCUT2D eigenvalue weighted by Gasteiger charge is -2.33. The fourth-order valence-corrected chi connectivity index (χ4v) is 4.11. The summed E-state index contributed by atoms with van der Waals surface area (Å²) < 4.78 is 0. The molecule has 0 bridgehead atoms. The molecule has 1 aromatic heterocycles. The molecule has 2 aromatic rings. The summed E-state index contributed by atoms with van der Waals surface area (Å²) in [6, 6.07) is 11.9. The number of piperidine rings is 1. The number of hydrogen-bond donors (Lipinski definition) is 1. The molecule has 3 rings (SSSR count). The van der Waals surface area contributed by atoms with Gasteiger partial charge in [0.05, 0.1) is 4.88 Å². The van der Waals surface area contributed by atoms with E-state index in [0.29, 0.717) is 5.92 Å². The van der Waals surface area contributed by atoms with Crippen LogP contribution in [0.15, 0.2) is 36.4 Å². The number of thiophene rings is 1. The van der Waals surface area contributed by atoms with Crippen LogP contribution in [-0.2, 0) is 0 Å². The fourth-order valence-electron chi connectivity index (χ4n) is 3.01. The van der Waals surface area contributed by atoms with Crippen molar-refractivity contribution in [3.63, 3.8) is 0 Å². The first-order chi connectivity index (χ1) is 11.0. The Bertz CT molecular complexity index is 673. The molecular weight excluding hydrogens is 328 g/mol. The molecule has 1 aliphatic rings. The van der Waals surface area contributed by atoms with Crippen molar-refractivity contribution in [1.29, 1.82) is 0 Å². The lowest BCUT2D eigenvalue weighted by atomic mass is 9.91. The van der Waals surface area contributed by atoms with E-state index >= 15 is 0 Å². The van der Waals surface area contributed by atoms with Crippen LogP contribution in [0, 0.1) is 5.92 Å². The summed E-state index contributed by atoms with van der Waals surface area (Å²) in [5, 5.41) is 0.721. The van der Waals surface area contributed by atoms with E-state index in [1.54, 1.807) is 11.3 Å². The van der Waals surface area contributed by atoms with E-state index in [2.05, 4.69) is 6.92 Å². The summed E-state index contributed by atoms with van der Waals surface area (Å²) in [5.41, 5.74) is 7.06. The topological polar surface area (TPSA) is 46.3 Å². The molecule has 1 aliphatic heterocycles. The van der Waals surface area contributed by atoms with Crippen molar-refractivity contribution in [2.24, 2.45) is 11.7 Å². The maximum Gasteiger partial charge on any atom is 0.263 e. The molecule has 3 nitrogen and oxygen atoms in total. The highest BCUT2D eigenvalue weighted by Crippen LogP contribution is 2.30. The summed E-state index contributed by atoms with van der Waals surface area (Å²) >= 11 is 7.47. The minimum absolute atomic E-state index is 0.137. The van der Waals surface area contributed by atoms with Gasteiger partial charge in [0.1, 0.15) is 0 Å². The number of likely N-dealkylation sites (tertiary alicyclic amines) is 1. The van der Waals surface area contributed by atoms with Gasteiger partial charge in [0.15, 0.2) is 0 Å². The molecule has 1 atom stereocenters. The molecule has 2 heterocycles. The van der Waals surface area contributed by atoms with Crippen LogP contribution < -0.4 is 5.73 Å². The number of nitrogens with zero attached hydrogens (tertiary/aromatic N) is 1. The number of amides is 1. The van der Waals surface area contributed by atoms with Crippen molar-refractivity contribution >= 4 is 28.8 Å². The average Bonchev–Trinajstić information content (AvgIpc) is 3.05. The summed E-state index contributed by atoms with van der Waals surface area (Å²) in [4.78, 5) is 16.5. The van der Waals surface area contributed by atoms with Crippen molar-refractivity contribution in [1.82, 2.24) is 4.90 Å². The van der Waals surface area contributed by atoms with Crippen molar-refractivity contribution in [3.05, 3.63) is 46.3 Å². The second-order valence-corrected chi connectivity index (χ2v) is 7.68. The molecule has 1 amide bonds. The zero-order chi connectivity index (χ0) is 16.4. The van der Waals surface area contributed by atoms with Crippen molar-refractivity contribution in [2.75, 3.05) is 13.1 Å². The minimum atomic E-state index is 0.137. The molecule has 2 N–H and O–H groups in total. The second kappa shape index (κ2) is 7.04. The Morgan fingerprint density at radius 2 is 1.87 bits per heavy atom. The molecule has 0 saturated carbocycles. The number of hydrogen-bond acceptors (Lipinski definition) is 3. The molecule has 1 fully saturated rings. The number of carbonyl (C=O) groups is 1. The predicted molar refractivity (Wildman–Crippen MR) is 97.0 cm³/mol. The first-order valence-electron chi connectivity index (χ1n) is 7.95. The molecule has 1 saturated heterocycles. The van der Waals surface area contributed by atoms with E-state index < -0.39 is 0 Å². The largest absolute Gasteiger partial charge is 0.338 e. The lowest BCUT2D eigenvalue weighted by Crippen LogP contribution is -2.42. The van der Waals surface area contributed by atoms with E-state index in [1.807, 2.05) is 41.3 Å². The third-order valence-electron chi connectivity index (χ3n) is 4.52. The van der Waals surface area contributed by atoms with Gasteiger partial charge in [-0.1, -0.05) is 23.7 Å². The smallest absolute Gasteiger partial charge is 0.263 e. The van der Waals surface area contributed by atoms with Gasteiger partial charge in [-0.2, -0.15) is 0 Å². The van der Waals surface area contributed by atoms with Gasteiger partial charge in [-0.05, 0) is 55.5 Å². The molecule has 1 aromatic carbocycles. The molecule has 122 valence electrons. The first kappa shape index (κ1) is 16.5. The third kappa shape index (κ3) is 3.77. The van der Waals surface area contributed by atoms with Crippen LogP contribution in [0.3, 0.4) is 0 Å². The summed E-state index contributed by atoms with van der Waals surface area (Å²) in [6.07, 6.45) is 2.00. The lowest BCUT2D eigenvalue weighted by molar-refractivity contribution is 0.0686. The van der Waals surface area contributed by atoms with E-state index in [0.717, 1.165) is 46.3 Å². The van der Waals surface area contributed by atoms with Crippen LogP contribution in [-0.4, -0.2) is 29.9 Å². The van der Waals surface area contributed by atoms with Crippen LogP contribution in [0.4, 0.5) is 0 Å². The SMILES string of the molecule is CC(N)C1CCN(C(=O)c2ccc(-c3ccc(Cl)cc3)s2)CC1. The minimum Gasteiger partial charge on any atom is -0.338 e. The fraction of sp³-hybridized carbons (Fsp3) is 0.389. The highest BCUT2D eigenvalue weighted by molar-refractivity contribution is 7.17. The normalized spacial score (nSPS) is 17.3. The van der Waals surface area contributed by atoms with Crippen molar-refractivity contribution in [3.8, 4) is 10.4 Å². The predicted octanol–water partition coefficient (Wildman–Crippen LogP) is 4.27. The van der Waals surface area contributed by atoms with Gasteiger partial charge in [-0.25, -0.2) is 0 Å². The average molecular weight is 349 g/mol. The Kier molecular flexibility index (Phi) is 5.05. The monoisotopic (exact) mass is 348 g/mol. The standard InChI is InChI=1S/C18H21ClN2OS/c1-12(20)13-8-10-21(11-9-13)18(22)17-7-6-16(23-17)14-2-4-15(19)5-3-14/h2-7,12-13H,8-11,20H2,1H3. The highest BCUT2D eigenvalue weighted by atomic mass is 35.5. The van der Waals surface area contributed by atoms with Crippen LogP contribution in [0.2, 0.25) is 5.02 Å². The van der Waals surface area contributed by atoms with Gasteiger partial charge in [-0.15, -0.1) is 11.3 Å². The molecule has 5 heteroatoms. The van der Waals surface area contributed by atoms with Gasteiger partial charge in [0.25, 0.3) is 5.91 Å². The van der Waals surface area contributed by atoms with E-state index in [9.17, 15) is 4.79 Å². The maximum atomic E-state index is 12.7. The Balaban J connectivity index is 1.68. The first-order valence-corrected chi connectivity index (χ1v) is 9.14. The van der Waals surface area contributed by atoms with Crippen LogP contribution in [0.25, 0.3) is 10.4 Å². The third-order valence-corrected chi connectivity index (χ3v) is 5.89. The summed E-state index contributed by atoms with van der Waals surface area (Å²) in [7, 11) is 0.